The van der Waals surface area contributed by atoms with Gasteiger partial charge in [-0.15, -0.1) is 0 Å². The van der Waals surface area contributed by atoms with Gasteiger partial charge in [-0.05, 0) is 25.8 Å². The van der Waals surface area contributed by atoms with Gasteiger partial charge in [-0.1, -0.05) is 42.0 Å². The normalized spacial score (nSPS) is 17.6. The summed E-state index contributed by atoms with van der Waals surface area (Å²) in [5.41, 5.74) is 0.233. The minimum absolute atomic E-state index is 0.351. The van der Waals surface area contributed by atoms with E-state index < -0.39 is 11.5 Å². The molecular weight excluding hydrogens is 268 g/mol. The fourth-order valence-electron chi connectivity index (χ4n) is 2.40. The summed E-state index contributed by atoms with van der Waals surface area (Å²) >= 11 is 0. The lowest BCUT2D eigenvalue weighted by Crippen LogP contribution is -2.54. The van der Waals surface area contributed by atoms with Gasteiger partial charge in [0.25, 0.3) is 0 Å². The highest BCUT2D eigenvalue weighted by Crippen LogP contribution is 2.22. The second kappa shape index (κ2) is 5.99. The van der Waals surface area contributed by atoms with Crippen LogP contribution in [0.3, 0.4) is 0 Å². The molecule has 2 N–H and O–H groups in total. The highest BCUT2D eigenvalue weighted by atomic mass is 16.4. The topological polar surface area (TPSA) is 69.6 Å². The van der Waals surface area contributed by atoms with E-state index in [4.69, 9.17) is 0 Å². The molecule has 0 fully saturated rings. The number of hydrogen-bond donors (Lipinski definition) is 2. The van der Waals surface area contributed by atoms with Gasteiger partial charge in [-0.3, -0.25) is 0 Å². The number of carboxylic acid groups (broad SMARTS) is 1. The lowest BCUT2D eigenvalue weighted by atomic mass is 9.92. The van der Waals surface area contributed by atoms with E-state index in [9.17, 15) is 14.7 Å². The highest BCUT2D eigenvalue weighted by Gasteiger charge is 2.38. The van der Waals surface area contributed by atoms with E-state index in [1.807, 2.05) is 13.0 Å². The molecule has 1 aliphatic heterocycles. The Balaban J connectivity index is 2.19. The summed E-state index contributed by atoms with van der Waals surface area (Å²) in [5.74, 6) is -1.08. The van der Waals surface area contributed by atoms with Crippen LogP contribution >= 0.6 is 0 Å². The van der Waals surface area contributed by atoms with Crippen LogP contribution in [0.5, 0.6) is 0 Å². The van der Waals surface area contributed by atoms with Crippen molar-refractivity contribution in [2.45, 2.75) is 25.8 Å². The smallest absolute Gasteiger partial charge is 0.333 e. The summed E-state index contributed by atoms with van der Waals surface area (Å²) in [5, 5.41) is 12.2. The van der Waals surface area contributed by atoms with Gasteiger partial charge in [-0.25, -0.2) is 9.59 Å². The summed E-state index contributed by atoms with van der Waals surface area (Å²) in [6.07, 6.45) is 2.89. The fourth-order valence-corrected chi connectivity index (χ4v) is 2.40. The third-order valence-corrected chi connectivity index (χ3v) is 3.76. The molecule has 0 spiro atoms. The van der Waals surface area contributed by atoms with Crippen LogP contribution in [-0.2, 0) is 10.3 Å². The molecule has 1 heterocycles. The van der Waals surface area contributed by atoms with Gasteiger partial charge in [0.15, 0.2) is 5.54 Å². The molecule has 1 atom stereocenters. The number of hydrogen-bond acceptors (Lipinski definition) is 2. The molecule has 0 aliphatic carbocycles. The molecule has 21 heavy (non-hydrogen) atoms. The summed E-state index contributed by atoms with van der Waals surface area (Å²) < 4.78 is 0. The van der Waals surface area contributed by atoms with Crippen LogP contribution in [0.2, 0.25) is 0 Å². The highest BCUT2D eigenvalue weighted by molar-refractivity contribution is 5.87. The van der Waals surface area contributed by atoms with Crippen molar-refractivity contribution in [3.05, 3.63) is 47.5 Å². The minimum atomic E-state index is -1.44. The van der Waals surface area contributed by atoms with Crippen molar-refractivity contribution in [3.8, 4) is 0 Å². The second-order valence-electron chi connectivity index (χ2n) is 5.49. The SMILES string of the molecule is CC1=CCCN(C(=O)NC(C)(C(=O)O)c2ccccc2)C1. The van der Waals surface area contributed by atoms with Gasteiger partial charge >= 0.3 is 12.0 Å². The summed E-state index contributed by atoms with van der Waals surface area (Å²) in [6, 6.07) is 8.39. The van der Waals surface area contributed by atoms with Crippen LogP contribution < -0.4 is 5.32 Å². The molecule has 0 saturated carbocycles. The number of aliphatic carboxylic acids is 1. The van der Waals surface area contributed by atoms with Gasteiger partial charge < -0.3 is 15.3 Å². The van der Waals surface area contributed by atoms with Gasteiger partial charge in [-0.2, -0.15) is 0 Å². The number of rotatable bonds is 3. The molecule has 1 aromatic carbocycles. The lowest BCUT2D eigenvalue weighted by Gasteiger charge is -2.32. The molecule has 0 saturated heterocycles. The predicted octanol–water partition coefficient (Wildman–Crippen LogP) is 2.35. The number of carbonyl (C=O) groups is 2. The van der Waals surface area contributed by atoms with E-state index in [0.717, 1.165) is 12.0 Å². The molecule has 1 aromatic rings. The maximum Gasteiger partial charge on any atom is 0.333 e. The molecule has 5 nitrogen and oxygen atoms in total. The maximum absolute atomic E-state index is 12.4. The van der Waals surface area contributed by atoms with Crippen molar-refractivity contribution in [1.82, 2.24) is 10.2 Å². The average Bonchev–Trinajstić information content (AvgIpc) is 2.47. The molecule has 0 bridgehead atoms. The zero-order chi connectivity index (χ0) is 15.5. The Hall–Kier alpha value is -2.30. The van der Waals surface area contributed by atoms with Crippen molar-refractivity contribution in [2.75, 3.05) is 13.1 Å². The quantitative estimate of drug-likeness (QED) is 0.839. The van der Waals surface area contributed by atoms with Crippen molar-refractivity contribution in [1.29, 1.82) is 0 Å². The number of urea groups is 1. The Morgan fingerprint density at radius 2 is 1.95 bits per heavy atom. The number of nitrogens with one attached hydrogen (secondary N) is 1. The molecule has 1 aliphatic rings. The molecule has 0 radical (unpaired) electrons. The molecular formula is C16H20N2O3. The van der Waals surface area contributed by atoms with Gasteiger partial charge in [0.05, 0.1) is 0 Å². The Kier molecular flexibility index (Phi) is 4.31. The molecule has 112 valence electrons. The first-order valence-electron chi connectivity index (χ1n) is 6.95. The summed E-state index contributed by atoms with van der Waals surface area (Å²) in [6.45, 7) is 4.62. The van der Waals surface area contributed by atoms with Crippen molar-refractivity contribution in [3.63, 3.8) is 0 Å². The maximum atomic E-state index is 12.4. The zero-order valence-electron chi connectivity index (χ0n) is 12.3. The van der Waals surface area contributed by atoms with E-state index in [-0.39, 0.29) is 6.03 Å². The molecule has 0 aromatic heterocycles. The van der Waals surface area contributed by atoms with E-state index >= 15 is 0 Å². The van der Waals surface area contributed by atoms with Crippen LogP contribution in [0, 0.1) is 0 Å². The van der Waals surface area contributed by atoms with E-state index in [1.165, 1.54) is 6.92 Å². The molecule has 2 rings (SSSR count). The average molecular weight is 288 g/mol. The van der Waals surface area contributed by atoms with Gasteiger partial charge in [0.2, 0.25) is 0 Å². The van der Waals surface area contributed by atoms with E-state index in [1.54, 1.807) is 29.2 Å². The number of carbonyl (C=O) groups excluding carboxylic acids is 1. The van der Waals surface area contributed by atoms with Crippen LogP contribution in [0.25, 0.3) is 0 Å². The molecule has 1 unspecified atom stereocenters. The number of benzene rings is 1. The van der Waals surface area contributed by atoms with Crippen molar-refractivity contribution in [2.24, 2.45) is 0 Å². The van der Waals surface area contributed by atoms with Crippen LogP contribution in [0.15, 0.2) is 42.0 Å². The van der Waals surface area contributed by atoms with E-state index in [2.05, 4.69) is 11.4 Å². The first-order valence-corrected chi connectivity index (χ1v) is 6.95. The van der Waals surface area contributed by atoms with Crippen molar-refractivity contribution < 1.29 is 14.7 Å². The Morgan fingerprint density at radius 3 is 2.52 bits per heavy atom. The third-order valence-electron chi connectivity index (χ3n) is 3.76. The number of carboxylic acids is 1. The Morgan fingerprint density at radius 1 is 1.29 bits per heavy atom. The predicted molar refractivity (Wildman–Crippen MR) is 79.9 cm³/mol. The Labute approximate surface area is 124 Å². The van der Waals surface area contributed by atoms with Crippen LogP contribution in [0.1, 0.15) is 25.8 Å². The fraction of sp³-hybridized carbons (Fsp3) is 0.375. The minimum Gasteiger partial charge on any atom is -0.479 e. The second-order valence-corrected chi connectivity index (χ2v) is 5.49. The summed E-state index contributed by atoms with van der Waals surface area (Å²) in [7, 11) is 0. The zero-order valence-corrected chi connectivity index (χ0v) is 12.3. The first kappa shape index (κ1) is 15.1. The summed E-state index contributed by atoms with van der Waals surface area (Å²) in [4.78, 5) is 25.7. The number of nitrogens with zero attached hydrogens (tertiary/aromatic N) is 1. The molecule has 5 heteroatoms. The Bertz CT molecular complexity index is 568. The standard InChI is InChI=1S/C16H20N2O3/c1-12-7-6-10-18(11-12)15(21)17-16(2,14(19)20)13-8-4-3-5-9-13/h3-5,7-9H,6,10-11H2,1-2H3,(H,17,21)(H,19,20). The largest absolute Gasteiger partial charge is 0.479 e. The van der Waals surface area contributed by atoms with Crippen LogP contribution in [0.4, 0.5) is 4.79 Å². The van der Waals surface area contributed by atoms with Gasteiger partial charge in [0.1, 0.15) is 0 Å². The van der Waals surface area contributed by atoms with Gasteiger partial charge in [0, 0.05) is 13.1 Å². The first-order chi connectivity index (χ1) is 9.93. The monoisotopic (exact) mass is 288 g/mol. The van der Waals surface area contributed by atoms with Crippen LogP contribution in [-0.4, -0.2) is 35.1 Å². The lowest BCUT2D eigenvalue weighted by molar-refractivity contribution is -0.144. The number of amides is 2. The third kappa shape index (κ3) is 3.24. The van der Waals surface area contributed by atoms with Crippen molar-refractivity contribution >= 4 is 12.0 Å². The van der Waals surface area contributed by atoms with E-state index in [0.29, 0.717) is 18.7 Å². The molecule has 2 amide bonds.